The van der Waals surface area contributed by atoms with E-state index in [9.17, 15) is 14.9 Å². The Morgan fingerprint density at radius 1 is 1.19 bits per heavy atom. The number of anilines is 1. The maximum absolute atomic E-state index is 12.6. The third-order valence-electron chi connectivity index (χ3n) is 5.20. The van der Waals surface area contributed by atoms with Gasteiger partial charge < -0.3 is 15.0 Å². The summed E-state index contributed by atoms with van der Waals surface area (Å²) in [7, 11) is 0. The second kappa shape index (κ2) is 7.36. The Morgan fingerprint density at radius 2 is 1.96 bits per heavy atom. The lowest BCUT2D eigenvalue weighted by Gasteiger charge is -2.27. The number of hydrogen-bond acceptors (Lipinski definition) is 5. The molecule has 1 amide bonds. The van der Waals surface area contributed by atoms with Gasteiger partial charge in [0.15, 0.2) is 0 Å². The highest BCUT2D eigenvalue weighted by molar-refractivity contribution is 5.95. The molecule has 4 rings (SSSR count). The van der Waals surface area contributed by atoms with Gasteiger partial charge in [0.2, 0.25) is 0 Å². The van der Waals surface area contributed by atoms with Crippen LogP contribution in [0.5, 0.6) is 0 Å². The molecule has 0 aromatic heterocycles. The van der Waals surface area contributed by atoms with Crippen LogP contribution < -0.4 is 5.32 Å². The zero-order chi connectivity index (χ0) is 18.8. The summed E-state index contributed by atoms with van der Waals surface area (Å²) in [6.07, 6.45) is 1.85. The fraction of sp³-hybridized carbons (Fsp3) is 0.350. The number of carbonyl (C=O) groups is 1. The summed E-state index contributed by atoms with van der Waals surface area (Å²) in [4.78, 5) is 25.5. The molecule has 2 aromatic rings. The number of hydrogen-bond donors (Lipinski definition) is 1. The van der Waals surface area contributed by atoms with E-state index in [1.807, 2.05) is 12.1 Å². The van der Waals surface area contributed by atoms with Crippen molar-refractivity contribution in [2.24, 2.45) is 0 Å². The molecule has 0 radical (unpaired) electrons. The minimum Gasteiger partial charge on any atom is -0.378 e. The minimum atomic E-state index is -0.431. The number of carbonyl (C=O) groups excluding carboxylic acids is 1. The maximum Gasteiger partial charge on any atom is 0.293 e. The first-order chi connectivity index (χ1) is 13.1. The SMILES string of the molecule is O=C(c1ccc(N[C@H]2CCc3ccccc32)c([N+](=O)[O-])c1)N1CCOCC1. The van der Waals surface area contributed by atoms with Crippen LogP contribution in [-0.4, -0.2) is 42.0 Å². The van der Waals surface area contributed by atoms with Crippen molar-refractivity contribution in [3.8, 4) is 0 Å². The van der Waals surface area contributed by atoms with Crippen LogP contribution in [0.15, 0.2) is 42.5 Å². The number of aryl methyl sites for hydroxylation is 1. The number of amides is 1. The van der Waals surface area contributed by atoms with Crippen molar-refractivity contribution in [1.29, 1.82) is 0 Å². The van der Waals surface area contributed by atoms with Crippen LogP contribution in [0.4, 0.5) is 11.4 Å². The van der Waals surface area contributed by atoms with E-state index in [2.05, 4.69) is 17.4 Å². The van der Waals surface area contributed by atoms with E-state index in [0.29, 0.717) is 37.6 Å². The largest absolute Gasteiger partial charge is 0.378 e. The summed E-state index contributed by atoms with van der Waals surface area (Å²) in [5.74, 6) is -0.195. The number of rotatable bonds is 4. The van der Waals surface area contributed by atoms with Crippen LogP contribution in [-0.2, 0) is 11.2 Å². The molecule has 0 bridgehead atoms. The number of ether oxygens (including phenoxy) is 1. The molecule has 1 atom stereocenters. The van der Waals surface area contributed by atoms with Gasteiger partial charge in [0.1, 0.15) is 5.69 Å². The fourth-order valence-corrected chi connectivity index (χ4v) is 3.78. The van der Waals surface area contributed by atoms with Gasteiger partial charge in [0.25, 0.3) is 11.6 Å². The smallest absolute Gasteiger partial charge is 0.293 e. The van der Waals surface area contributed by atoms with Gasteiger partial charge in [-0.15, -0.1) is 0 Å². The lowest BCUT2D eigenvalue weighted by atomic mass is 10.1. The molecule has 27 heavy (non-hydrogen) atoms. The molecular weight excluding hydrogens is 346 g/mol. The molecule has 140 valence electrons. The summed E-state index contributed by atoms with van der Waals surface area (Å²) < 4.78 is 5.26. The molecule has 0 unspecified atom stereocenters. The fourth-order valence-electron chi connectivity index (χ4n) is 3.78. The molecule has 1 N–H and O–H groups in total. The molecule has 7 heteroatoms. The minimum absolute atomic E-state index is 0.0423. The Bertz CT molecular complexity index is 877. The van der Waals surface area contributed by atoms with Crippen molar-refractivity contribution in [1.82, 2.24) is 4.90 Å². The maximum atomic E-state index is 12.6. The van der Waals surface area contributed by atoms with Crippen molar-refractivity contribution < 1.29 is 14.5 Å². The van der Waals surface area contributed by atoms with Gasteiger partial charge in [-0.25, -0.2) is 0 Å². The molecule has 1 saturated heterocycles. The van der Waals surface area contributed by atoms with Crippen LogP contribution in [0.1, 0.15) is 33.9 Å². The number of nitro groups is 1. The number of nitro benzene ring substituents is 1. The van der Waals surface area contributed by atoms with E-state index < -0.39 is 4.92 Å². The van der Waals surface area contributed by atoms with E-state index >= 15 is 0 Å². The number of nitrogens with zero attached hydrogens (tertiary/aromatic N) is 2. The molecule has 1 fully saturated rings. The van der Waals surface area contributed by atoms with Crippen molar-refractivity contribution in [3.63, 3.8) is 0 Å². The molecule has 1 heterocycles. The Kier molecular flexibility index (Phi) is 4.77. The van der Waals surface area contributed by atoms with E-state index in [1.54, 1.807) is 17.0 Å². The zero-order valence-electron chi connectivity index (χ0n) is 14.9. The topological polar surface area (TPSA) is 84.7 Å². The Morgan fingerprint density at radius 3 is 2.74 bits per heavy atom. The number of benzene rings is 2. The van der Waals surface area contributed by atoms with Crippen LogP contribution in [0.25, 0.3) is 0 Å². The molecule has 2 aromatic carbocycles. The molecule has 2 aliphatic rings. The van der Waals surface area contributed by atoms with Crippen molar-refractivity contribution >= 4 is 17.3 Å². The Labute approximate surface area is 157 Å². The summed E-state index contributed by atoms with van der Waals surface area (Å²) in [6, 6.07) is 12.9. The first-order valence-electron chi connectivity index (χ1n) is 9.13. The Balaban J connectivity index is 1.58. The van der Waals surface area contributed by atoms with Gasteiger partial charge >= 0.3 is 0 Å². The number of nitrogens with one attached hydrogen (secondary N) is 1. The highest BCUT2D eigenvalue weighted by Gasteiger charge is 2.26. The van der Waals surface area contributed by atoms with Crippen LogP contribution in [0, 0.1) is 10.1 Å². The highest BCUT2D eigenvalue weighted by atomic mass is 16.6. The van der Waals surface area contributed by atoms with Crippen LogP contribution in [0.3, 0.4) is 0 Å². The van der Waals surface area contributed by atoms with Crippen LogP contribution >= 0.6 is 0 Å². The first-order valence-corrected chi connectivity index (χ1v) is 9.13. The summed E-state index contributed by atoms with van der Waals surface area (Å²) in [5, 5.41) is 14.9. The summed E-state index contributed by atoms with van der Waals surface area (Å²) in [6.45, 7) is 2.00. The third kappa shape index (κ3) is 3.50. The van der Waals surface area contributed by atoms with Crippen LogP contribution in [0.2, 0.25) is 0 Å². The van der Waals surface area contributed by atoms with Gasteiger partial charge in [0.05, 0.1) is 24.2 Å². The quantitative estimate of drug-likeness (QED) is 0.663. The summed E-state index contributed by atoms with van der Waals surface area (Å²) >= 11 is 0. The molecule has 1 aliphatic heterocycles. The monoisotopic (exact) mass is 367 g/mol. The predicted molar refractivity (Wildman–Crippen MR) is 101 cm³/mol. The second-order valence-electron chi connectivity index (χ2n) is 6.83. The van der Waals surface area contributed by atoms with Crippen molar-refractivity contribution in [2.75, 3.05) is 31.6 Å². The lowest BCUT2D eigenvalue weighted by molar-refractivity contribution is -0.384. The standard InChI is InChI=1S/C20H21N3O4/c24-20(22-9-11-27-12-10-22)15-6-8-18(19(13-15)23(25)26)21-17-7-5-14-3-1-2-4-16(14)17/h1-4,6,8,13,17,21H,5,7,9-12H2/t17-/m0/s1. The molecule has 7 nitrogen and oxygen atoms in total. The van der Waals surface area contributed by atoms with Crippen molar-refractivity contribution in [2.45, 2.75) is 18.9 Å². The predicted octanol–water partition coefficient (Wildman–Crippen LogP) is 3.17. The number of fused-ring (bicyclic) bond motifs is 1. The number of morpholine rings is 1. The van der Waals surface area contributed by atoms with E-state index in [-0.39, 0.29) is 17.6 Å². The third-order valence-corrected chi connectivity index (χ3v) is 5.20. The molecule has 0 saturated carbocycles. The lowest BCUT2D eigenvalue weighted by Crippen LogP contribution is -2.40. The average Bonchev–Trinajstić information content (AvgIpc) is 3.11. The van der Waals surface area contributed by atoms with E-state index in [4.69, 9.17) is 4.74 Å². The first kappa shape index (κ1) is 17.5. The Hall–Kier alpha value is -2.93. The van der Waals surface area contributed by atoms with Crippen molar-refractivity contribution in [3.05, 3.63) is 69.3 Å². The highest BCUT2D eigenvalue weighted by Crippen LogP contribution is 2.36. The van der Waals surface area contributed by atoms with Gasteiger partial charge in [-0.05, 0) is 36.1 Å². The van der Waals surface area contributed by atoms with E-state index in [0.717, 1.165) is 12.8 Å². The second-order valence-corrected chi connectivity index (χ2v) is 6.83. The summed E-state index contributed by atoms with van der Waals surface area (Å²) in [5.41, 5.74) is 3.16. The normalized spacial score (nSPS) is 18.8. The van der Waals surface area contributed by atoms with Gasteiger partial charge in [-0.3, -0.25) is 14.9 Å². The average molecular weight is 367 g/mol. The molecular formula is C20H21N3O4. The van der Waals surface area contributed by atoms with Gasteiger partial charge in [-0.2, -0.15) is 0 Å². The molecule has 0 spiro atoms. The van der Waals surface area contributed by atoms with Gasteiger partial charge in [0, 0.05) is 24.7 Å². The van der Waals surface area contributed by atoms with E-state index in [1.165, 1.54) is 17.2 Å². The van der Waals surface area contributed by atoms with Gasteiger partial charge in [-0.1, -0.05) is 24.3 Å². The zero-order valence-corrected chi connectivity index (χ0v) is 14.9. The molecule has 1 aliphatic carbocycles.